The molecule has 0 fully saturated rings. The van der Waals surface area contributed by atoms with Crippen LogP contribution in [-0.4, -0.2) is 17.1 Å². The molecule has 4 nitrogen and oxygen atoms in total. The van der Waals surface area contributed by atoms with Gasteiger partial charge in [-0.1, -0.05) is 72.6 Å². The summed E-state index contributed by atoms with van der Waals surface area (Å²) in [5, 5.41) is 2.55. The van der Waals surface area contributed by atoms with E-state index in [-0.39, 0.29) is 11.8 Å². The van der Waals surface area contributed by atoms with Gasteiger partial charge in [-0.3, -0.25) is 9.59 Å². The van der Waals surface area contributed by atoms with Crippen molar-refractivity contribution in [2.24, 2.45) is 5.92 Å². The normalized spacial score (nSPS) is 16.3. The van der Waals surface area contributed by atoms with Crippen molar-refractivity contribution in [3.05, 3.63) is 94.5 Å². The summed E-state index contributed by atoms with van der Waals surface area (Å²) in [5.41, 5.74) is 6.60. The number of rotatable bonds is 6. The third kappa shape index (κ3) is 5.14. The van der Waals surface area contributed by atoms with E-state index >= 15 is 0 Å². The maximum absolute atomic E-state index is 13.7. The van der Waals surface area contributed by atoms with E-state index in [4.69, 9.17) is 0 Å². The SMILES string of the molecule is Cc1ccc(CNC(=O)[C@H](C)[C@H]2Sc3ccccc3N(Cc3cc(C)ccc3C)C2=O)cc1. The topological polar surface area (TPSA) is 49.4 Å². The fourth-order valence-electron chi connectivity index (χ4n) is 4.05. The van der Waals surface area contributed by atoms with Gasteiger partial charge in [0.1, 0.15) is 5.25 Å². The summed E-state index contributed by atoms with van der Waals surface area (Å²) >= 11 is 1.49. The zero-order chi connectivity index (χ0) is 23.5. The van der Waals surface area contributed by atoms with E-state index in [9.17, 15) is 9.59 Å². The second kappa shape index (κ2) is 9.84. The lowest BCUT2D eigenvalue weighted by Crippen LogP contribution is -2.47. The molecule has 0 bridgehead atoms. The van der Waals surface area contributed by atoms with E-state index in [0.717, 1.165) is 27.3 Å². The number of fused-ring (bicyclic) bond motifs is 1. The Bertz CT molecular complexity index is 1170. The lowest BCUT2D eigenvalue weighted by atomic mass is 10.0. The fourth-order valence-corrected chi connectivity index (χ4v) is 5.34. The third-order valence-corrected chi connectivity index (χ3v) is 7.67. The third-order valence-electron chi connectivity index (χ3n) is 6.21. The first-order valence-electron chi connectivity index (χ1n) is 11.3. The molecule has 0 saturated heterocycles. The van der Waals surface area contributed by atoms with E-state index in [2.05, 4.69) is 37.4 Å². The van der Waals surface area contributed by atoms with Gasteiger partial charge in [0.15, 0.2) is 0 Å². The van der Waals surface area contributed by atoms with Crippen LogP contribution >= 0.6 is 11.8 Å². The van der Waals surface area contributed by atoms with E-state index < -0.39 is 11.2 Å². The van der Waals surface area contributed by atoms with Crippen molar-refractivity contribution < 1.29 is 9.59 Å². The molecule has 1 aliphatic heterocycles. The predicted molar refractivity (Wildman–Crippen MR) is 135 cm³/mol. The minimum absolute atomic E-state index is 0.0161. The number of amides is 2. The molecular formula is C28H30N2O2S. The van der Waals surface area contributed by atoms with Crippen LogP contribution in [0.15, 0.2) is 71.6 Å². The predicted octanol–water partition coefficient (Wildman–Crippen LogP) is 5.57. The van der Waals surface area contributed by atoms with Crippen LogP contribution in [0.3, 0.4) is 0 Å². The molecule has 0 radical (unpaired) electrons. The second-order valence-corrected chi connectivity index (χ2v) is 10.0. The van der Waals surface area contributed by atoms with Crippen molar-refractivity contribution in [2.75, 3.05) is 4.90 Å². The molecule has 1 heterocycles. The number of benzene rings is 3. The molecule has 0 aromatic heterocycles. The number of carbonyl (C=O) groups excluding carboxylic acids is 2. The van der Waals surface area contributed by atoms with Gasteiger partial charge in [-0.2, -0.15) is 0 Å². The first-order chi connectivity index (χ1) is 15.8. The summed E-state index contributed by atoms with van der Waals surface area (Å²) in [6, 6.07) is 22.4. The zero-order valence-corrected chi connectivity index (χ0v) is 20.4. The highest BCUT2D eigenvalue weighted by Crippen LogP contribution is 2.42. The van der Waals surface area contributed by atoms with Crippen molar-refractivity contribution in [2.45, 2.75) is 50.9 Å². The lowest BCUT2D eigenvalue weighted by molar-refractivity contribution is -0.128. The number of carbonyl (C=O) groups is 2. The molecule has 1 N–H and O–H groups in total. The highest BCUT2D eigenvalue weighted by atomic mass is 32.2. The molecule has 170 valence electrons. The lowest BCUT2D eigenvalue weighted by Gasteiger charge is -2.36. The van der Waals surface area contributed by atoms with Gasteiger partial charge in [-0.05, 0) is 49.6 Å². The Morgan fingerprint density at radius 2 is 1.70 bits per heavy atom. The Morgan fingerprint density at radius 1 is 1.00 bits per heavy atom. The van der Waals surface area contributed by atoms with Crippen LogP contribution in [0.5, 0.6) is 0 Å². The quantitative estimate of drug-likeness (QED) is 0.525. The van der Waals surface area contributed by atoms with Gasteiger partial charge in [0.2, 0.25) is 11.8 Å². The molecule has 4 rings (SSSR count). The molecule has 0 aliphatic carbocycles. The van der Waals surface area contributed by atoms with Crippen molar-refractivity contribution in [3.8, 4) is 0 Å². The zero-order valence-electron chi connectivity index (χ0n) is 19.6. The maximum Gasteiger partial charge on any atom is 0.241 e. The van der Waals surface area contributed by atoms with E-state index in [1.165, 1.54) is 22.9 Å². The van der Waals surface area contributed by atoms with Gasteiger partial charge >= 0.3 is 0 Å². The monoisotopic (exact) mass is 458 g/mol. The van der Waals surface area contributed by atoms with Crippen LogP contribution < -0.4 is 10.2 Å². The minimum Gasteiger partial charge on any atom is -0.352 e. The van der Waals surface area contributed by atoms with Crippen LogP contribution in [0.4, 0.5) is 5.69 Å². The number of para-hydroxylation sites is 1. The van der Waals surface area contributed by atoms with E-state index in [1.54, 1.807) is 0 Å². The summed E-state index contributed by atoms with van der Waals surface area (Å²) in [4.78, 5) is 29.6. The summed E-state index contributed by atoms with van der Waals surface area (Å²) in [7, 11) is 0. The molecule has 1 aliphatic rings. The Balaban J connectivity index is 1.55. The maximum atomic E-state index is 13.7. The second-order valence-electron chi connectivity index (χ2n) is 8.85. The van der Waals surface area contributed by atoms with Gasteiger partial charge in [-0.15, -0.1) is 11.8 Å². The molecule has 0 saturated carbocycles. The number of hydrogen-bond donors (Lipinski definition) is 1. The molecule has 0 unspecified atom stereocenters. The summed E-state index contributed by atoms with van der Waals surface area (Å²) in [6.07, 6.45) is 0. The Kier molecular flexibility index (Phi) is 6.89. The number of hydrogen-bond acceptors (Lipinski definition) is 3. The Labute approximate surface area is 200 Å². The number of nitrogens with one attached hydrogen (secondary N) is 1. The average Bonchev–Trinajstić information content (AvgIpc) is 2.81. The average molecular weight is 459 g/mol. The molecular weight excluding hydrogens is 428 g/mol. The van der Waals surface area contributed by atoms with Gasteiger partial charge in [0.05, 0.1) is 18.2 Å². The van der Waals surface area contributed by atoms with Crippen molar-refractivity contribution in [1.82, 2.24) is 5.32 Å². The van der Waals surface area contributed by atoms with Crippen LogP contribution in [-0.2, 0) is 22.7 Å². The summed E-state index contributed by atoms with van der Waals surface area (Å²) < 4.78 is 0. The standard InChI is InChI=1S/C28H30N2O2S/c1-18-10-13-22(14-11-18)16-29-27(31)21(4)26-28(32)30(24-7-5-6-8-25(24)33-26)17-23-15-19(2)9-12-20(23)3/h5-15,21,26H,16-17H2,1-4H3,(H,29,31)/t21-,26-/m1/s1. The smallest absolute Gasteiger partial charge is 0.241 e. The van der Waals surface area contributed by atoms with Gasteiger partial charge < -0.3 is 10.2 Å². The highest BCUT2D eigenvalue weighted by molar-refractivity contribution is 8.01. The van der Waals surface area contributed by atoms with Crippen molar-refractivity contribution >= 4 is 29.3 Å². The summed E-state index contributed by atoms with van der Waals surface area (Å²) in [6.45, 7) is 8.98. The van der Waals surface area contributed by atoms with Crippen molar-refractivity contribution in [1.29, 1.82) is 0 Å². The fraction of sp³-hybridized carbons (Fsp3) is 0.286. The minimum atomic E-state index is -0.469. The molecule has 5 heteroatoms. The molecule has 33 heavy (non-hydrogen) atoms. The van der Waals surface area contributed by atoms with E-state index in [1.807, 2.05) is 67.3 Å². The molecule has 2 atom stereocenters. The van der Waals surface area contributed by atoms with Crippen molar-refractivity contribution in [3.63, 3.8) is 0 Å². The first kappa shape index (κ1) is 23.1. The highest BCUT2D eigenvalue weighted by Gasteiger charge is 2.39. The van der Waals surface area contributed by atoms with E-state index in [0.29, 0.717) is 13.1 Å². The first-order valence-corrected chi connectivity index (χ1v) is 12.2. The molecule has 2 amide bonds. The van der Waals surface area contributed by atoms with Crippen LogP contribution in [0.25, 0.3) is 0 Å². The largest absolute Gasteiger partial charge is 0.352 e. The van der Waals surface area contributed by atoms with Crippen LogP contribution in [0.1, 0.15) is 34.7 Å². The summed E-state index contributed by atoms with van der Waals surface area (Å²) in [5.74, 6) is -0.576. The Hall–Kier alpha value is -3.05. The number of nitrogens with zero attached hydrogens (tertiary/aromatic N) is 1. The number of anilines is 1. The Morgan fingerprint density at radius 3 is 2.45 bits per heavy atom. The van der Waals surface area contributed by atoms with Gasteiger partial charge in [0.25, 0.3) is 0 Å². The van der Waals surface area contributed by atoms with Crippen LogP contribution in [0, 0.1) is 26.7 Å². The number of thioether (sulfide) groups is 1. The number of aryl methyl sites for hydroxylation is 3. The molecule has 0 spiro atoms. The molecule has 3 aromatic carbocycles. The van der Waals surface area contributed by atoms with Gasteiger partial charge in [0, 0.05) is 11.4 Å². The molecule has 3 aromatic rings. The van der Waals surface area contributed by atoms with Crippen LogP contribution in [0.2, 0.25) is 0 Å². The van der Waals surface area contributed by atoms with Gasteiger partial charge in [-0.25, -0.2) is 0 Å².